The van der Waals surface area contributed by atoms with Crippen LogP contribution in [-0.4, -0.2) is 0 Å². The maximum atomic E-state index is 2.61. The van der Waals surface area contributed by atoms with Gasteiger partial charge in [-0.05, 0) is 67.6 Å². The lowest BCUT2D eigenvalue weighted by atomic mass is 9.44. The second kappa shape index (κ2) is 4.84. The Morgan fingerprint density at radius 2 is 1.56 bits per heavy atom. The average Bonchev–Trinajstić information content (AvgIpc) is 2.25. The largest absolute Gasteiger partial charge is 0.0654 e. The molecule has 0 spiro atoms. The number of unbranched alkanes of at least 4 members (excludes halogenated alkanes) is 4. The molecule has 0 amide bonds. The van der Waals surface area contributed by atoms with Gasteiger partial charge in [0.25, 0.3) is 0 Å². The van der Waals surface area contributed by atoms with Gasteiger partial charge in [-0.1, -0.05) is 46.0 Å². The lowest BCUT2D eigenvalue weighted by Crippen LogP contribution is -2.50. The number of hydrogen-bond acceptors (Lipinski definition) is 0. The van der Waals surface area contributed by atoms with Gasteiger partial charge in [-0.3, -0.25) is 0 Å². The van der Waals surface area contributed by atoms with Gasteiger partial charge in [0.05, 0.1) is 0 Å². The quantitative estimate of drug-likeness (QED) is 0.509. The molecule has 4 saturated carbocycles. The SMILES string of the molecule is CCCCCCCC12CC3CC(CC(C)(C3)C1)C2. The van der Waals surface area contributed by atoms with Crippen molar-refractivity contribution in [2.45, 2.75) is 90.9 Å². The fourth-order valence-corrected chi connectivity index (χ4v) is 6.32. The first-order chi connectivity index (χ1) is 8.63. The van der Waals surface area contributed by atoms with E-state index in [-0.39, 0.29) is 0 Å². The Balaban J connectivity index is 1.55. The predicted octanol–water partition coefficient (Wildman–Crippen LogP) is 5.95. The average molecular weight is 248 g/mol. The Labute approximate surface area is 114 Å². The van der Waals surface area contributed by atoms with Gasteiger partial charge in [0.2, 0.25) is 0 Å². The van der Waals surface area contributed by atoms with Crippen LogP contribution in [0.5, 0.6) is 0 Å². The van der Waals surface area contributed by atoms with Crippen molar-refractivity contribution < 1.29 is 0 Å². The molecule has 4 bridgehead atoms. The lowest BCUT2D eigenvalue weighted by molar-refractivity contribution is -0.106. The highest BCUT2D eigenvalue weighted by atomic mass is 14.6. The molecule has 104 valence electrons. The van der Waals surface area contributed by atoms with Crippen LogP contribution in [0.25, 0.3) is 0 Å². The molecule has 4 fully saturated rings. The molecule has 0 aliphatic heterocycles. The van der Waals surface area contributed by atoms with Gasteiger partial charge in [-0.25, -0.2) is 0 Å². The van der Waals surface area contributed by atoms with Crippen LogP contribution in [0, 0.1) is 22.7 Å². The molecule has 0 saturated heterocycles. The summed E-state index contributed by atoms with van der Waals surface area (Å²) in [5, 5.41) is 0. The number of rotatable bonds is 6. The van der Waals surface area contributed by atoms with Crippen LogP contribution in [0.1, 0.15) is 90.9 Å². The molecule has 2 atom stereocenters. The summed E-state index contributed by atoms with van der Waals surface area (Å²) < 4.78 is 0. The third-order valence-electron chi connectivity index (χ3n) is 6.29. The van der Waals surface area contributed by atoms with Gasteiger partial charge in [-0.15, -0.1) is 0 Å². The molecule has 18 heavy (non-hydrogen) atoms. The molecule has 0 radical (unpaired) electrons. The van der Waals surface area contributed by atoms with E-state index in [2.05, 4.69) is 13.8 Å². The van der Waals surface area contributed by atoms with E-state index in [1.54, 1.807) is 44.9 Å². The zero-order valence-corrected chi connectivity index (χ0v) is 12.6. The van der Waals surface area contributed by atoms with E-state index in [9.17, 15) is 0 Å². The van der Waals surface area contributed by atoms with Crippen LogP contribution in [0.4, 0.5) is 0 Å². The monoisotopic (exact) mass is 248 g/mol. The fraction of sp³-hybridized carbons (Fsp3) is 1.00. The lowest BCUT2D eigenvalue weighted by Gasteiger charge is -2.61. The molecular formula is C18H32. The van der Waals surface area contributed by atoms with E-state index in [0.29, 0.717) is 0 Å². The molecular weight excluding hydrogens is 216 g/mol. The molecule has 0 aromatic carbocycles. The number of hydrogen-bond donors (Lipinski definition) is 0. The second-order valence-corrected chi connectivity index (χ2v) is 8.44. The third-order valence-corrected chi connectivity index (χ3v) is 6.29. The molecule has 4 aliphatic rings. The van der Waals surface area contributed by atoms with Crippen molar-refractivity contribution in [2.24, 2.45) is 22.7 Å². The fourth-order valence-electron chi connectivity index (χ4n) is 6.32. The van der Waals surface area contributed by atoms with E-state index in [1.807, 2.05) is 0 Å². The van der Waals surface area contributed by atoms with E-state index in [1.165, 1.54) is 32.1 Å². The van der Waals surface area contributed by atoms with Crippen LogP contribution in [0.3, 0.4) is 0 Å². The van der Waals surface area contributed by atoms with Crippen LogP contribution in [-0.2, 0) is 0 Å². The first-order valence-corrected chi connectivity index (χ1v) is 8.63. The highest BCUT2D eigenvalue weighted by Crippen LogP contribution is 2.66. The highest BCUT2D eigenvalue weighted by Gasteiger charge is 2.54. The van der Waals surface area contributed by atoms with Crippen LogP contribution in [0.2, 0.25) is 0 Å². The summed E-state index contributed by atoms with van der Waals surface area (Å²) in [7, 11) is 0. The summed E-state index contributed by atoms with van der Waals surface area (Å²) >= 11 is 0. The minimum absolute atomic E-state index is 0.757. The van der Waals surface area contributed by atoms with E-state index in [0.717, 1.165) is 22.7 Å². The van der Waals surface area contributed by atoms with Crippen LogP contribution < -0.4 is 0 Å². The van der Waals surface area contributed by atoms with E-state index in [4.69, 9.17) is 0 Å². The zero-order chi connectivity index (χ0) is 12.6. The highest BCUT2D eigenvalue weighted by molar-refractivity contribution is 5.05. The van der Waals surface area contributed by atoms with Gasteiger partial charge in [0.1, 0.15) is 0 Å². The Morgan fingerprint density at radius 3 is 2.17 bits per heavy atom. The molecule has 0 heterocycles. The Bertz CT molecular complexity index is 276. The first kappa shape index (κ1) is 13.0. The second-order valence-electron chi connectivity index (χ2n) is 8.44. The van der Waals surface area contributed by atoms with Crippen molar-refractivity contribution in [2.75, 3.05) is 0 Å². The summed E-state index contributed by atoms with van der Waals surface area (Å²) in [5.74, 6) is 2.23. The van der Waals surface area contributed by atoms with Crippen molar-refractivity contribution >= 4 is 0 Å². The molecule has 4 rings (SSSR count). The van der Waals surface area contributed by atoms with Crippen molar-refractivity contribution in [1.82, 2.24) is 0 Å². The molecule has 0 nitrogen and oxygen atoms in total. The maximum Gasteiger partial charge on any atom is -0.0287 e. The van der Waals surface area contributed by atoms with E-state index < -0.39 is 0 Å². The van der Waals surface area contributed by atoms with Gasteiger partial charge in [-0.2, -0.15) is 0 Å². The zero-order valence-electron chi connectivity index (χ0n) is 12.6. The van der Waals surface area contributed by atoms with Crippen molar-refractivity contribution in [3.05, 3.63) is 0 Å². The van der Waals surface area contributed by atoms with Gasteiger partial charge >= 0.3 is 0 Å². The van der Waals surface area contributed by atoms with Crippen molar-refractivity contribution in [3.8, 4) is 0 Å². The molecule has 0 aromatic heterocycles. The molecule has 0 N–H and O–H groups in total. The maximum absolute atomic E-state index is 2.61. The van der Waals surface area contributed by atoms with Gasteiger partial charge in [0.15, 0.2) is 0 Å². The summed E-state index contributed by atoms with van der Waals surface area (Å²) in [6.45, 7) is 4.93. The minimum atomic E-state index is 0.757. The standard InChI is InChI=1S/C18H32/c1-3-4-5-6-7-8-18-12-15-9-16(13-18)11-17(2,10-15)14-18/h15-16H,3-14H2,1-2H3. The first-order valence-electron chi connectivity index (χ1n) is 8.63. The summed E-state index contributed by atoms with van der Waals surface area (Å²) in [4.78, 5) is 0. The van der Waals surface area contributed by atoms with Crippen LogP contribution >= 0.6 is 0 Å². The van der Waals surface area contributed by atoms with Crippen molar-refractivity contribution in [1.29, 1.82) is 0 Å². The molecule has 4 aliphatic carbocycles. The Morgan fingerprint density at radius 1 is 0.889 bits per heavy atom. The molecule has 0 aromatic rings. The van der Waals surface area contributed by atoms with Crippen molar-refractivity contribution in [3.63, 3.8) is 0 Å². The smallest absolute Gasteiger partial charge is 0.0287 e. The molecule has 0 heteroatoms. The minimum Gasteiger partial charge on any atom is -0.0654 e. The van der Waals surface area contributed by atoms with Crippen LogP contribution in [0.15, 0.2) is 0 Å². The van der Waals surface area contributed by atoms with Gasteiger partial charge < -0.3 is 0 Å². The normalized spacial score (nSPS) is 45.7. The van der Waals surface area contributed by atoms with E-state index >= 15 is 0 Å². The Kier molecular flexibility index (Phi) is 3.49. The summed E-state index contributed by atoms with van der Waals surface area (Å²) in [6.07, 6.45) is 18.4. The summed E-state index contributed by atoms with van der Waals surface area (Å²) in [5.41, 5.74) is 1.57. The third kappa shape index (κ3) is 2.49. The topological polar surface area (TPSA) is 0 Å². The molecule has 2 unspecified atom stereocenters. The van der Waals surface area contributed by atoms with Gasteiger partial charge in [0, 0.05) is 0 Å². The predicted molar refractivity (Wildman–Crippen MR) is 78.6 cm³/mol. The summed E-state index contributed by atoms with van der Waals surface area (Å²) in [6, 6.07) is 0. The Hall–Kier alpha value is 0.